The van der Waals surface area contributed by atoms with Gasteiger partial charge in [-0.2, -0.15) is 4.31 Å². The molecule has 152 valence electrons. The molecule has 1 aliphatic heterocycles. The van der Waals surface area contributed by atoms with Crippen LogP contribution in [-0.2, 0) is 10.0 Å². The Balaban J connectivity index is 1.61. The third-order valence-electron chi connectivity index (χ3n) is 6.83. The van der Waals surface area contributed by atoms with Gasteiger partial charge in [-0.25, -0.2) is 8.42 Å². The summed E-state index contributed by atoms with van der Waals surface area (Å²) in [5.41, 5.74) is 1.38. The van der Waals surface area contributed by atoms with Gasteiger partial charge in [0.25, 0.3) is 0 Å². The number of hydrogen-bond donors (Lipinski definition) is 0. The molecule has 1 heterocycles. The van der Waals surface area contributed by atoms with E-state index in [1.165, 1.54) is 12.8 Å². The van der Waals surface area contributed by atoms with Gasteiger partial charge in [0.1, 0.15) is 0 Å². The smallest absolute Gasteiger partial charge is 0.243 e. The van der Waals surface area contributed by atoms with Crippen LogP contribution in [0, 0.1) is 18.3 Å². The largest absolute Gasteiger partial charge is 0.300 e. The van der Waals surface area contributed by atoms with Crippen LogP contribution in [0.4, 0.5) is 0 Å². The lowest BCUT2D eigenvalue weighted by molar-refractivity contribution is 0.0827. The minimum absolute atomic E-state index is 0.112. The van der Waals surface area contributed by atoms with Crippen LogP contribution in [0.5, 0.6) is 0 Å². The summed E-state index contributed by atoms with van der Waals surface area (Å²) in [6.07, 6.45) is 5.57. The Labute approximate surface area is 166 Å². The first-order valence-corrected chi connectivity index (χ1v) is 11.8. The van der Waals surface area contributed by atoms with Crippen LogP contribution < -0.4 is 0 Å². The molecule has 3 rings (SSSR count). The van der Waals surface area contributed by atoms with Crippen molar-refractivity contribution in [3.8, 4) is 0 Å². The molecule has 0 bridgehead atoms. The first kappa shape index (κ1) is 20.8. The SMILES string of the molecule is Cc1cccc(S(=O)(=O)N(C)[C@@H]2CC[C@H](N3CCC(C(C)(C)C)CC3)C2)c1. The van der Waals surface area contributed by atoms with E-state index < -0.39 is 10.0 Å². The summed E-state index contributed by atoms with van der Waals surface area (Å²) in [5.74, 6) is 0.801. The van der Waals surface area contributed by atoms with E-state index in [0.717, 1.165) is 43.8 Å². The normalized spacial score (nSPS) is 26.0. The van der Waals surface area contributed by atoms with E-state index in [4.69, 9.17) is 0 Å². The molecule has 4 nitrogen and oxygen atoms in total. The van der Waals surface area contributed by atoms with Gasteiger partial charge < -0.3 is 4.90 Å². The van der Waals surface area contributed by atoms with Crippen LogP contribution in [0.15, 0.2) is 29.2 Å². The summed E-state index contributed by atoms with van der Waals surface area (Å²) in [5, 5.41) is 0. The molecule has 1 aromatic carbocycles. The predicted octanol–water partition coefficient (Wildman–Crippen LogP) is 4.29. The number of hydrogen-bond acceptors (Lipinski definition) is 3. The number of likely N-dealkylation sites (tertiary alicyclic amines) is 1. The molecular weight excluding hydrogens is 356 g/mol. The molecule has 2 atom stereocenters. The highest BCUT2D eigenvalue weighted by molar-refractivity contribution is 7.89. The van der Waals surface area contributed by atoms with Gasteiger partial charge in [-0.15, -0.1) is 0 Å². The van der Waals surface area contributed by atoms with E-state index >= 15 is 0 Å². The molecule has 2 aliphatic rings. The maximum Gasteiger partial charge on any atom is 0.243 e. The van der Waals surface area contributed by atoms with Gasteiger partial charge in [0.15, 0.2) is 0 Å². The molecule has 27 heavy (non-hydrogen) atoms. The van der Waals surface area contributed by atoms with E-state index in [9.17, 15) is 8.42 Å². The molecule has 1 aromatic rings. The third kappa shape index (κ3) is 4.57. The van der Waals surface area contributed by atoms with Crippen molar-refractivity contribution in [3.63, 3.8) is 0 Å². The van der Waals surface area contributed by atoms with Crippen LogP contribution >= 0.6 is 0 Å². The fraction of sp³-hybridized carbons (Fsp3) is 0.727. The van der Waals surface area contributed by atoms with Crippen molar-refractivity contribution in [3.05, 3.63) is 29.8 Å². The first-order chi connectivity index (χ1) is 12.6. The molecule has 2 fully saturated rings. The second-order valence-electron chi connectivity index (χ2n) is 9.63. The van der Waals surface area contributed by atoms with Crippen molar-refractivity contribution in [2.24, 2.45) is 11.3 Å². The Morgan fingerprint density at radius 3 is 2.33 bits per heavy atom. The molecule has 5 heteroatoms. The molecule has 0 unspecified atom stereocenters. The average molecular weight is 393 g/mol. The summed E-state index contributed by atoms with van der Waals surface area (Å²) in [6.45, 7) is 11.3. The standard InChI is InChI=1S/C22H36N2O2S/c1-17-7-6-8-21(15-17)27(25,26)23(5)19-9-10-20(16-19)24-13-11-18(12-14-24)22(2,3)4/h6-8,15,18-20H,9-14,16H2,1-5H3/t19-,20+/m1/s1. The van der Waals surface area contributed by atoms with Gasteiger partial charge in [-0.1, -0.05) is 32.9 Å². The number of piperidine rings is 1. The predicted molar refractivity (Wildman–Crippen MR) is 111 cm³/mol. The Morgan fingerprint density at radius 1 is 1.07 bits per heavy atom. The maximum absolute atomic E-state index is 13.0. The van der Waals surface area contributed by atoms with Crippen LogP contribution in [-0.4, -0.2) is 49.8 Å². The molecule has 0 amide bonds. The number of sulfonamides is 1. The van der Waals surface area contributed by atoms with Gasteiger partial charge in [-0.3, -0.25) is 0 Å². The second kappa shape index (κ2) is 7.84. The fourth-order valence-electron chi connectivity index (χ4n) is 4.87. The maximum atomic E-state index is 13.0. The van der Waals surface area contributed by atoms with E-state index in [2.05, 4.69) is 25.7 Å². The summed E-state index contributed by atoms with van der Waals surface area (Å²) < 4.78 is 27.7. The van der Waals surface area contributed by atoms with Gasteiger partial charge in [0, 0.05) is 19.1 Å². The Hall–Kier alpha value is -0.910. The van der Waals surface area contributed by atoms with Gasteiger partial charge in [0.2, 0.25) is 10.0 Å². The summed E-state index contributed by atoms with van der Waals surface area (Å²) >= 11 is 0. The number of rotatable bonds is 4. The molecule has 1 saturated heterocycles. The van der Waals surface area contributed by atoms with Crippen LogP contribution in [0.3, 0.4) is 0 Å². The van der Waals surface area contributed by atoms with Crippen LogP contribution in [0.25, 0.3) is 0 Å². The van der Waals surface area contributed by atoms with Crippen molar-refractivity contribution in [1.29, 1.82) is 0 Å². The lowest BCUT2D eigenvalue weighted by Gasteiger charge is -2.41. The zero-order valence-electron chi connectivity index (χ0n) is 17.6. The lowest BCUT2D eigenvalue weighted by atomic mass is 9.75. The molecule has 0 aromatic heterocycles. The number of aryl methyl sites for hydroxylation is 1. The van der Waals surface area contributed by atoms with Crippen molar-refractivity contribution < 1.29 is 8.42 Å². The zero-order valence-corrected chi connectivity index (χ0v) is 18.4. The second-order valence-corrected chi connectivity index (χ2v) is 11.6. The summed E-state index contributed by atoms with van der Waals surface area (Å²) in [4.78, 5) is 3.04. The van der Waals surface area contributed by atoms with Gasteiger partial charge in [-0.05, 0) is 81.1 Å². The van der Waals surface area contributed by atoms with E-state index in [1.807, 2.05) is 19.1 Å². The van der Waals surface area contributed by atoms with E-state index in [0.29, 0.717) is 16.4 Å². The monoisotopic (exact) mass is 392 g/mol. The highest BCUT2D eigenvalue weighted by Gasteiger charge is 2.38. The van der Waals surface area contributed by atoms with Crippen molar-refractivity contribution >= 4 is 10.0 Å². The Bertz CT molecular complexity index is 746. The van der Waals surface area contributed by atoms with E-state index in [-0.39, 0.29) is 6.04 Å². The third-order valence-corrected chi connectivity index (χ3v) is 8.73. The quantitative estimate of drug-likeness (QED) is 0.767. The Morgan fingerprint density at radius 2 is 1.74 bits per heavy atom. The van der Waals surface area contributed by atoms with Crippen molar-refractivity contribution in [2.45, 2.75) is 76.8 Å². The highest BCUT2D eigenvalue weighted by Crippen LogP contribution is 2.37. The average Bonchev–Trinajstić information content (AvgIpc) is 3.10. The van der Waals surface area contributed by atoms with Gasteiger partial charge in [0.05, 0.1) is 4.90 Å². The molecule has 0 spiro atoms. The minimum Gasteiger partial charge on any atom is -0.300 e. The first-order valence-electron chi connectivity index (χ1n) is 10.4. The van der Waals surface area contributed by atoms with Crippen molar-refractivity contribution in [2.75, 3.05) is 20.1 Å². The number of nitrogens with zero attached hydrogens (tertiary/aromatic N) is 2. The topological polar surface area (TPSA) is 40.6 Å². The molecule has 1 saturated carbocycles. The summed E-state index contributed by atoms with van der Waals surface area (Å²) in [7, 11) is -1.65. The van der Waals surface area contributed by atoms with Crippen LogP contribution in [0.2, 0.25) is 0 Å². The summed E-state index contributed by atoms with van der Waals surface area (Å²) in [6, 6.07) is 7.89. The van der Waals surface area contributed by atoms with Gasteiger partial charge >= 0.3 is 0 Å². The lowest BCUT2D eigenvalue weighted by Crippen LogP contribution is -2.44. The zero-order chi connectivity index (χ0) is 19.8. The molecule has 0 radical (unpaired) electrons. The molecule has 0 N–H and O–H groups in total. The molecule has 1 aliphatic carbocycles. The van der Waals surface area contributed by atoms with Crippen LogP contribution in [0.1, 0.15) is 58.4 Å². The molecular formula is C22H36N2O2S. The Kier molecular flexibility index (Phi) is 6.05. The van der Waals surface area contributed by atoms with Crippen molar-refractivity contribution in [1.82, 2.24) is 9.21 Å². The fourth-order valence-corrected chi connectivity index (χ4v) is 6.37. The number of benzene rings is 1. The minimum atomic E-state index is -3.41. The highest BCUT2D eigenvalue weighted by atomic mass is 32.2. The van der Waals surface area contributed by atoms with E-state index in [1.54, 1.807) is 23.5 Å².